The molecule has 0 spiro atoms. The summed E-state index contributed by atoms with van der Waals surface area (Å²) in [4.78, 5) is 35.5. The largest absolute Gasteiger partial charge is 0.483 e. The second-order valence-electron chi connectivity index (χ2n) is 6.73. The third-order valence-electron chi connectivity index (χ3n) is 4.31. The summed E-state index contributed by atoms with van der Waals surface area (Å²) in [7, 11) is 0. The molecule has 1 aliphatic rings. The van der Waals surface area contributed by atoms with Gasteiger partial charge in [-0.1, -0.05) is 29.8 Å². The van der Waals surface area contributed by atoms with E-state index in [-0.39, 0.29) is 18.6 Å². The number of anilines is 1. The van der Waals surface area contributed by atoms with Gasteiger partial charge in [-0.2, -0.15) is 5.10 Å². The lowest BCUT2D eigenvalue weighted by Crippen LogP contribution is -2.38. The van der Waals surface area contributed by atoms with Gasteiger partial charge in [0.2, 0.25) is 0 Å². The molecular weight excluding hydrogens is 408 g/mol. The van der Waals surface area contributed by atoms with E-state index >= 15 is 0 Å². The number of rotatable bonds is 7. The Bertz CT molecular complexity index is 989. The van der Waals surface area contributed by atoms with E-state index in [0.717, 1.165) is 18.4 Å². The number of carbonyl (C=O) groups is 3. The molecule has 8 nitrogen and oxygen atoms in total. The molecule has 3 amide bonds. The lowest BCUT2D eigenvalue weighted by atomic mass is 10.2. The Balaban J connectivity index is 1.54. The molecule has 30 heavy (non-hydrogen) atoms. The van der Waals surface area contributed by atoms with Crippen LogP contribution in [0.15, 0.2) is 47.6 Å². The first-order valence-electron chi connectivity index (χ1n) is 9.34. The van der Waals surface area contributed by atoms with E-state index in [1.54, 1.807) is 42.5 Å². The van der Waals surface area contributed by atoms with Crippen molar-refractivity contribution in [3.63, 3.8) is 0 Å². The molecule has 0 saturated heterocycles. The maximum absolute atomic E-state index is 12.2. The standard InChI is InChI=1S/C21H21ClN4O4/c1-13-16(22)6-4-7-17(13)25-19(27)12-30-18-8-3-2-5-14(18)11-23-26-21(29)20(28)24-15-9-10-15/h2-8,11,15H,9-10,12H2,1H3,(H,24,28)(H,25,27)(H,26,29)/b23-11+. The Morgan fingerprint density at radius 2 is 1.90 bits per heavy atom. The Hall–Kier alpha value is -3.39. The van der Waals surface area contributed by atoms with E-state index in [2.05, 4.69) is 21.2 Å². The van der Waals surface area contributed by atoms with Crippen molar-refractivity contribution in [2.24, 2.45) is 5.10 Å². The van der Waals surface area contributed by atoms with E-state index in [9.17, 15) is 14.4 Å². The first-order chi connectivity index (χ1) is 14.4. The highest BCUT2D eigenvalue weighted by Crippen LogP contribution is 2.23. The van der Waals surface area contributed by atoms with E-state index in [0.29, 0.717) is 22.0 Å². The zero-order valence-electron chi connectivity index (χ0n) is 16.3. The maximum Gasteiger partial charge on any atom is 0.329 e. The average Bonchev–Trinajstić information content (AvgIpc) is 3.54. The fraction of sp³-hybridized carbons (Fsp3) is 0.238. The predicted octanol–water partition coefficient (Wildman–Crippen LogP) is 2.39. The van der Waals surface area contributed by atoms with Crippen molar-refractivity contribution in [3.05, 3.63) is 58.6 Å². The van der Waals surface area contributed by atoms with Crippen LogP contribution in [0, 0.1) is 6.92 Å². The fourth-order valence-electron chi connectivity index (χ4n) is 2.48. The third-order valence-corrected chi connectivity index (χ3v) is 4.72. The summed E-state index contributed by atoms with van der Waals surface area (Å²) in [6.45, 7) is 1.58. The maximum atomic E-state index is 12.2. The highest BCUT2D eigenvalue weighted by atomic mass is 35.5. The highest BCUT2D eigenvalue weighted by Gasteiger charge is 2.26. The van der Waals surface area contributed by atoms with Crippen LogP contribution in [0.5, 0.6) is 5.75 Å². The summed E-state index contributed by atoms with van der Waals surface area (Å²) in [5, 5.41) is 9.66. The van der Waals surface area contributed by atoms with E-state index in [1.165, 1.54) is 6.21 Å². The molecule has 1 aliphatic carbocycles. The smallest absolute Gasteiger partial charge is 0.329 e. The van der Waals surface area contributed by atoms with Crippen molar-refractivity contribution in [1.29, 1.82) is 0 Å². The van der Waals surface area contributed by atoms with Crippen molar-refractivity contribution < 1.29 is 19.1 Å². The minimum atomic E-state index is -0.840. The van der Waals surface area contributed by atoms with Gasteiger partial charge in [0.05, 0.1) is 6.21 Å². The number of benzene rings is 2. The summed E-state index contributed by atoms with van der Waals surface area (Å²) in [6, 6.07) is 12.2. The minimum absolute atomic E-state index is 0.0863. The molecule has 0 heterocycles. The predicted molar refractivity (Wildman–Crippen MR) is 114 cm³/mol. The zero-order valence-corrected chi connectivity index (χ0v) is 17.0. The number of ether oxygens (including phenoxy) is 1. The molecule has 1 saturated carbocycles. The number of hydrazone groups is 1. The molecule has 0 unspecified atom stereocenters. The van der Waals surface area contributed by atoms with Gasteiger partial charge in [-0.05, 0) is 49.6 Å². The first kappa shape index (κ1) is 21.3. The van der Waals surface area contributed by atoms with Gasteiger partial charge in [-0.15, -0.1) is 0 Å². The Labute approximate surface area is 178 Å². The molecule has 9 heteroatoms. The monoisotopic (exact) mass is 428 g/mol. The first-order valence-corrected chi connectivity index (χ1v) is 9.72. The van der Waals surface area contributed by atoms with Gasteiger partial charge in [0, 0.05) is 22.3 Å². The molecule has 0 radical (unpaired) electrons. The van der Waals surface area contributed by atoms with Crippen molar-refractivity contribution in [2.75, 3.05) is 11.9 Å². The van der Waals surface area contributed by atoms with Gasteiger partial charge < -0.3 is 15.4 Å². The molecule has 0 atom stereocenters. The van der Waals surface area contributed by atoms with Crippen molar-refractivity contribution >= 4 is 41.2 Å². The van der Waals surface area contributed by atoms with Crippen LogP contribution in [-0.4, -0.2) is 36.6 Å². The molecule has 3 N–H and O–H groups in total. The highest BCUT2D eigenvalue weighted by molar-refractivity contribution is 6.35. The minimum Gasteiger partial charge on any atom is -0.483 e. The topological polar surface area (TPSA) is 109 Å². The fourth-order valence-corrected chi connectivity index (χ4v) is 2.66. The average molecular weight is 429 g/mol. The van der Waals surface area contributed by atoms with Crippen LogP contribution in [-0.2, 0) is 14.4 Å². The van der Waals surface area contributed by atoms with Crippen LogP contribution >= 0.6 is 11.6 Å². The van der Waals surface area contributed by atoms with Crippen molar-refractivity contribution in [1.82, 2.24) is 10.7 Å². The van der Waals surface area contributed by atoms with Crippen molar-refractivity contribution in [3.8, 4) is 5.75 Å². The second-order valence-corrected chi connectivity index (χ2v) is 7.14. The number of hydrogen-bond donors (Lipinski definition) is 3. The number of halogens is 1. The van der Waals surface area contributed by atoms with Crippen LogP contribution in [0.1, 0.15) is 24.0 Å². The molecular formula is C21H21ClN4O4. The summed E-state index contributed by atoms with van der Waals surface area (Å²) in [5.41, 5.74) is 4.08. The van der Waals surface area contributed by atoms with Crippen LogP contribution < -0.4 is 20.8 Å². The number of carbonyl (C=O) groups excluding carboxylic acids is 3. The lowest BCUT2D eigenvalue weighted by molar-refractivity contribution is -0.139. The Kier molecular flexibility index (Phi) is 7.03. The van der Waals surface area contributed by atoms with Crippen LogP contribution in [0.4, 0.5) is 5.69 Å². The SMILES string of the molecule is Cc1c(Cl)cccc1NC(=O)COc1ccccc1/C=N/NC(=O)C(=O)NC1CC1. The molecule has 0 bridgehead atoms. The molecule has 156 valence electrons. The van der Waals surface area contributed by atoms with E-state index in [1.807, 2.05) is 6.92 Å². The molecule has 2 aromatic rings. The zero-order chi connectivity index (χ0) is 21.5. The summed E-state index contributed by atoms with van der Waals surface area (Å²) >= 11 is 6.06. The van der Waals surface area contributed by atoms with Gasteiger partial charge in [0.25, 0.3) is 5.91 Å². The molecule has 0 aliphatic heterocycles. The van der Waals surface area contributed by atoms with Gasteiger partial charge in [-0.25, -0.2) is 5.43 Å². The number of nitrogens with zero attached hydrogens (tertiary/aromatic N) is 1. The lowest BCUT2D eigenvalue weighted by Gasteiger charge is -2.11. The Morgan fingerprint density at radius 3 is 2.67 bits per heavy atom. The third kappa shape index (κ3) is 6.05. The van der Waals surface area contributed by atoms with Crippen LogP contribution in [0.2, 0.25) is 5.02 Å². The normalized spacial score (nSPS) is 13.0. The van der Waals surface area contributed by atoms with Gasteiger partial charge in [0.15, 0.2) is 6.61 Å². The van der Waals surface area contributed by atoms with Crippen LogP contribution in [0.25, 0.3) is 0 Å². The van der Waals surface area contributed by atoms with E-state index < -0.39 is 11.8 Å². The summed E-state index contributed by atoms with van der Waals surface area (Å²) in [5.74, 6) is -1.51. The number of nitrogens with one attached hydrogen (secondary N) is 3. The van der Waals surface area contributed by atoms with Gasteiger partial charge >= 0.3 is 11.8 Å². The number of amides is 3. The van der Waals surface area contributed by atoms with Crippen molar-refractivity contribution in [2.45, 2.75) is 25.8 Å². The second kappa shape index (κ2) is 9.89. The van der Waals surface area contributed by atoms with Gasteiger partial charge in [-0.3, -0.25) is 14.4 Å². The number of hydrogen-bond acceptors (Lipinski definition) is 5. The van der Waals surface area contributed by atoms with Gasteiger partial charge in [0.1, 0.15) is 5.75 Å². The Morgan fingerprint density at radius 1 is 1.13 bits per heavy atom. The molecule has 3 rings (SSSR count). The summed E-state index contributed by atoms with van der Waals surface area (Å²) < 4.78 is 5.58. The molecule has 0 aromatic heterocycles. The van der Waals surface area contributed by atoms with E-state index in [4.69, 9.17) is 16.3 Å². The van der Waals surface area contributed by atoms with Crippen LogP contribution in [0.3, 0.4) is 0 Å². The quantitative estimate of drug-likeness (QED) is 0.357. The summed E-state index contributed by atoms with van der Waals surface area (Å²) in [6.07, 6.45) is 3.12. The number of para-hydroxylation sites is 1. The molecule has 1 fully saturated rings. The molecule has 2 aromatic carbocycles.